The molecule has 1 atom stereocenters. The van der Waals surface area contributed by atoms with Crippen molar-refractivity contribution in [2.24, 2.45) is 5.73 Å². The number of nitrogens with two attached hydrogens (primary N) is 1. The quantitative estimate of drug-likeness (QED) is 0.787. The fourth-order valence-electron chi connectivity index (χ4n) is 1.67. The Morgan fingerprint density at radius 3 is 2.21 bits per heavy atom. The van der Waals surface area contributed by atoms with Gasteiger partial charge in [-0.15, -0.1) is 0 Å². The highest BCUT2D eigenvalue weighted by Gasteiger charge is 2.09. The van der Waals surface area contributed by atoms with E-state index in [9.17, 15) is 4.39 Å². The minimum Gasteiger partial charge on any atom is -0.324 e. The van der Waals surface area contributed by atoms with E-state index in [1.807, 2.05) is 12.1 Å². The van der Waals surface area contributed by atoms with Crippen LogP contribution in [0, 0.1) is 19.7 Å². The van der Waals surface area contributed by atoms with Crippen molar-refractivity contribution in [2.45, 2.75) is 39.7 Å². The van der Waals surface area contributed by atoms with Crippen LogP contribution in [0.1, 0.15) is 42.5 Å². The third-order valence-corrected chi connectivity index (χ3v) is 2.49. The van der Waals surface area contributed by atoms with Crippen molar-refractivity contribution in [1.29, 1.82) is 0 Å². The van der Waals surface area contributed by atoms with E-state index in [4.69, 9.17) is 5.73 Å². The fourth-order valence-corrected chi connectivity index (χ4v) is 1.67. The Labute approximate surface area is 85.1 Å². The third-order valence-electron chi connectivity index (χ3n) is 2.49. The molecule has 1 rings (SSSR count). The molecular weight excluding hydrogens is 177 g/mol. The topological polar surface area (TPSA) is 26.0 Å². The van der Waals surface area contributed by atoms with Crippen LogP contribution in [0.3, 0.4) is 0 Å². The van der Waals surface area contributed by atoms with Crippen LogP contribution in [0.5, 0.6) is 0 Å². The molecule has 0 fully saturated rings. The van der Waals surface area contributed by atoms with E-state index in [2.05, 4.69) is 6.92 Å². The average Bonchev–Trinajstić information content (AvgIpc) is 2.13. The lowest BCUT2D eigenvalue weighted by molar-refractivity contribution is 0.599. The van der Waals surface area contributed by atoms with E-state index in [1.165, 1.54) is 0 Å². The van der Waals surface area contributed by atoms with Gasteiger partial charge >= 0.3 is 0 Å². The highest BCUT2D eigenvalue weighted by Crippen LogP contribution is 2.21. The predicted molar refractivity (Wildman–Crippen MR) is 57.7 cm³/mol. The van der Waals surface area contributed by atoms with Gasteiger partial charge in [0.2, 0.25) is 0 Å². The molecule has 78 valence electrons. The van der Waals surface area contributed by atoms with E-state index in [1.54, 1.807) is 13.8 Å². The minimum absolute atomic E-state index is 0.0398. The number of benzene rings is 1. The van der Waals surface area contributed by atoms with Crippen LogP contribution >= 0.6 is 0 Å². The Hall–Kier alpha value is -0.890. The van der Waals surface area contributed by atoms with Gasteiger partial charge in [0, 0.05) is 6.04 Å². The maximum atomic E-state index is 13.3. The Morgan fingerprint density at radius 2 is 1.79 bits per heavy atom. The molecular formula is C12H18FN. The second-order valence-electron chi connectivity index (χ2n) is 3.86. The Morgan fingerprint density at radius 1 is 1.29 bits per heavy atom. The molecule has 1 aromatic carbocycles. The van der Waals surface area contributed by atoms with Crippen LogP contribution in [0.25, 0.3) is 0 Å². The molecule has 0 aliphatic heterocycles. The zero-order valence-corrected chi connectivity index (χ0v) is 9.10. The largest absolute Gasteiger partial charge is 0.324 e. The molecule has 2 N–H and O–H groups in total. The van der Waals surface area contributed by atoms with Gasteiger partial charge in [0.25, 0.3) is 0 Å². The van der Waals surface area contributed by atoms with Gasteiger partial charge in [0.05, 0.1) is 0 Å². The van der Waals surface area contributed by atoms with Crippen molar-refractivity contribution >= 4 is 0 Å². The second kappa shape index (κ2) is 4.56. The highest BCUT2D eigenvalue weighted by molar-refractivity contribution is 5.32. The first kappa shape index (κ1) is 11.2. The van der Waals surface area contributed by atoms with E-state index < -0.39 is 0 Å². The molecule has 0 spiro atoms. The van der Waals surface area contributed by atoms with Crippen molar-refractivity contribution in [1.82, 2.24) is 0 Å². The van der Waals surface area contributed by atoms with Crippen LogP contribution in [0.2, 0.25) is 0 Å². The average molecular weight is 195 g/mol. The normalized spacial score (nSPS) is 12.9. The maximum absolute atomic E-state index is 13.3. The lowest BCUT2D eigenvalue weighted by atomic mass is 9.98. The number of halogens is 1. The number of rotatable bonds is 3. The minimum atomic E-state index is -0.113. The van der Waals surface area contributed by atoms with E-state index in [-0.39, 0.29) is 11.9 Å². The summed E-state index contributed by atoms with van der Waals surface area (Å²) in [6, 6.07) is 3.74. The van der Waals surface area contributed by atoms with Crippen molar-refractivity contribution in [3.8, 4) is 0 Å². The monoisotopic (exact) mass is 195 g/mol. The van der Waals surface area contributed by atoms with Gasteiger partial charge in [-0.3, -0.25) is 0 Å². The number of hydrogen-bond acceptors (Lipinski definition) is 1. The molecule has 1 nitrogen and oxygen atoms in total. The predicted octanol–water partition coefficient (Wildman–Crippen LogP) is 3.24. The molecule has 0 heterocycles. The van der Waals surface area contributed by atoms with Gasteiger partial charge in [-0.1, -0.05) is 25.5 Å². The SMILES string of the molecule is CCCC(N)c1cc(C)c(F)c(C)c1. The van der Waals surface area contributed by atoms with Crippen molar-refractivity contribution in [2.75, 3.05) is 0 Å². The molecule has 1 unspecified atom stereocenters. The van der Waals surface area contributed by atoms with Crippen LogP contribution in [-0.4, -0.2) is 0 Å². The lowest BCUT2D eigenvalue weighted by Crippen LogP contribution is -2.10. The van der Waals surface area contributed by atoms with E-state index in [0.717, 1.165) is 18.4 Å². The van der Waals surface area contributed by atoms with Gasteiger partial charge in [-0.2, -0.15) is 0 Å². The summed E-state index contributed by atoms with van der Waals surface area (Å²) < 4.78 is 13.3. The summed E-state index contributed by atoms with van der Waals surface area (Å²) in [5.41, 5.74) is 8.39. The summed E-state index contributed by atoms with van der Waals surface area (Å²) in [5, 5.41) is 0. The summed E-state index contributed by atoms with van der Waals surface area (Å²) in [5.74, 6) is -0.113. The molecule has 0 aliphatic carbocycles. The summed E-state index contributed by atoms with van der Waals surface area (Å²) in [7, 11) is 0. The van der Waals surface area contributed by atoms with Crippen molar-refractivity contribution in [3.05, 3.63) is 34.6 Å². The smallest absolute Gasteiger partial charge is 0.129 e. The highest BCUT2D eigenvalue weighted by atomic mass is 19.1. The first-order chi connectivity index (χ1) is 6.56. The van der Waals surface area contributed by atoms with Gasteiger partial charge in [0.15, 0.2) is 0 Å². The standard InChI is InChI=1S/C12H18FN/c1-4-5-11(14)10-6-8(2)12(13)9(3)7-10/h6-7,11H,4-5,14H2,1-3H3. The van der Waals surface area contributed by atoms with Crippen molar-refractivity contribution in [3.63, 3.8) is 0 Å². The van der Waals surface area contributed by atoms with Gasteiger partial charge in [-0.05, 0) is 37.0 Å². The molecule has 0 radical (unpaired) electrons. The van der Waals surface area contributed by atoms with Gasteiger partial charge < -0.3 is 5.73 Å². The van der Waals surface area contributed by atoms with Crippen molar-refractivity contribution < 1.29 is 4.39 Å². The summed E-state index contributed by atoms with van der Waals surface area (Å²) in [6.45, 7) is 5.66. The van der Waals surface area contributed by atoms with Crippen LogP contribution in [0.4, 0.5) is 4.39 Å². The molecule has 0 bridgehead atoms. The molecule has 0 saturated carbocycles. The van der Waals surface area contributed by atoms with Crippen LogP contribution < -0.4 is 5.73 Å². The number of aryl methyl sites for hydroxylation is 2. The Kier molecular flexibility index (Phi) is 3.64. The third kappa shape index (κ3) is 2.32. The molecule has 14 heavy (non-hydrogen) atoms. The molecule has 1 aromatic rings. The second-order valence-corrected chi connectivity index (χ2v) is 3.86. The Bertz CT molecular complexity index is 297. The molecule has 2 heteroatoms. The first-order valence-electron chi connectivity index (χ1n) is 5.08. The number of hydrogen-bond donors (Lipinski definition) is 1. The summed E-state index contributed by atoms with van der Waals surface area (Å²) in [6.07, 6.45) is 2.00. The molecule has 0 aromatic heterocycles. The molecule has 0 amide bonds. The molecule has 0 aliphatic rings. The van der Waals surface area contributed by atoms with Gasteiger partial charge in [-0.25, -0.2) is 4.39 Å². The van der Waals surface area contributed by atoms with Gasteiger partial charge in [0.1, 0.15) is 5.82 Å². The maximum Gasteiger partial charge on any atom is 0.129 e. The Balaban J connectivity index is 3.00. The zero-order valence-electron chi connectivity index (χ0n) is 9.10. The summed E-state index contributed by atoms with van der Waals surface area (Å²) in [4.78, 5) is 0. The van der Waals surface area contributed by atoms with E-state index in [0.29, 0.717) is 11.1 Å². The van der Waals surface area contributed by atoms with Crippen LogP contribution in [0.15, 0.2) is 12.1 Å². The van der Waals surface area contributed by atoms with E-state index >= 15 is 0 Å². The summed E-state index contributed by atoms with van der Waals surface area (Å²) >= 11 is 0. The fraction of sp³-hybridized carbons (Fsp3) is 0.500. The molecule has 0 saturated heterocycles. The zero-order chi connectivity index (χ0) is 10.7. The first-order valence-corrected chi connectivity index (χ1v) is 5.08. The lowest BCUT2D eigenvalue weighted by Gasteiger charge is -2.13. The van der Waals surface area contributed by atoms with Crippen LogP contribution in [-0.2, 0) is 0 Å².